The van der Waals surface area contributed by atoms with E-state index >= 15 is 0 Å². The van der Waals surface area contributed by atoms with E-state index < -0.39 is 0 Å². The second kappa shape index (κ2) is 4.98. The van der Waals surface area contributed by atoms with Gasteiger partial charge in [-0.3, -0.25) is 4.90 Å². The number of likely N-dealkylation sites (tertiary alicyclic amines) is 1. The van der Waals surface area contributed by atoms with Crippen molar-refractivity contribution >= 4 is 0 Å². The van der Waals surface area contributed by atoms with Crippen molar-refractivity contribution in [3.05, 3.63) is 35.9 Å². The molecule has 0 radical (unpaired) electrons. The van der Waals surface area contributed by atoms with Gasteiger partial charge in [0.05, 0.1) is 0 Å². The third kappa shape index (κ3) is 2.45. The summed E-state index contributed by atoms with van der Waals surface area (Å²) in [6.45, 7) is 6.67. The van der Waals surface area contributed by atoms with E-state index in [2.05, 4.69) is 49.1 Å². The van der Waals surface area contributed by atoms with Crippen molar-refractivity contribution in [2.75, 3.05) is 13.1 Å². The number of rotatable bonds is 3. The molecule has 0 spiro atoms. The number of hydrogen-bond donors (Lipinski definition) is 1. The van der Waals surface area contributed by atoms with E-state index in [0.717, 1.165) is 6.54 Å². The summed E-state index contributed by atoms with van der Waals surface area (Å²) >= 11 is 0. The first-order valence-corrected chi connectivity index (χ1v) is 6.23. The summed E-state index contributed by atoms with van der Waals surface area (Å²) in [5.74, 6) is 0.697. The quantitative estimate of drug-likeness (QED) is 0.843. The molecule has 0 saturated carbocycles. The lowest BCUT2D eigenvalue weighted by molar-refractivity contribution is 0.230. The normalized spacial score (nSPS) is 25.6. The van der Waals surface area contributed by atoms with Crippen molar-refractivity contribution < 1.29 is 0 Å². The van der Waals surface area contributed by atoms with Crippen LogP contribution in [0.4, 0.5) is 0 Å². The van der Waals surface area contributed by atoms with Gasteiger partial charge in [-0.2, -0.15) is 0 Å². The Kier molecular flexibility index (Phi) is 3.62. The average molecular weight is 218 g/mol. The Hall–Kier alpha value is -0.860. The Morgan fingerprint density at radius 1 is 1.25 bits per heavy atom. The molecule has 2 heteroatoms. The Labute approximate surface area is 98.4 Å². The summed E-state index contributed by atoms with van der Waals surface area (Å²) in [5, 5.41) is 0. The molecule has 2 nitrogen and oxygen atoms in total. The molecule has 1 aromatic carbocycles. The van der Waals surface area contributed by atoms with Crippen LogP contribution in [0.25, 0.3) is 0 Å². The van der Waals surface area contributed by atoms with Gasteiger partial charge < -0.3 is 5.73 Å². The second-order valence-electron chi connectivity index (χ2n) is 4.99. The highest BCUT2D eigenvalue weighted by molar-refractivity contribution is 5.21. The summed E-state index contributed by atoms with van der Waals surface area (Å²) < 4.78 is 0. The van der Waals surface area contributed by atoms with E-state index in [0.29, 0.717) is 12.0 Å². The fraction of sp³-hybridized carbons (Fsp3) is 0.571. The van der Waals surface area contributed by atoms with Crippen molar-refractivity contribution in [2.24, 2.45) is 5.73 Å². The standard InChI is InChI=1S/C14H22N2/c1-11(15)12(2)16-9-8-14(10-16)13-6-4-3-5-7-13/h3-7,11-12,14H,8-10,15H2,1-2H3. The van der Waals surface area contributed by atoms with Gasteiger partial charge in [0.15, 0.2) is 0 Å². The molecule has 3 unspecified atom stereocenters. The summed E-state index contributed by atoms with van der Waals surface area (Å²) in [6.07, 6.45) is 1.26. The third-order valence-electron chi connectivity index (χ3n) is 3.83. The van der Waals surface area contributed by atoms with E-state index in [-0.39, 0.29) is 6.04 Å². The molecule has 0 aliphatic carbocycles. The summed E-state index contributed by atoms with van der Waals surface area (Å²) in [5.41, 5.74) is 7.43. The lowest BCUT2D eigenvalue weighted by atomic mass is 9.99. The minimum absolute atomic E-state index is 0.259. The SMILES string of the molecule is CC(N)C(C)N1CCC(c2ccccc2)C1. The maximum absolute atomic E-state index is 5.96. The van der Waals surface area contributed by atoms with Gasteiger partial charge in [-0.15, -0.1) is 0 Å². The summed E-state index contributed by atoms with van der Waals surface area (Å²) in [6, 6.07) is 11.6. The van der Waals surface area contributed by atoms with E-state index in [1.165, 1.54) is 18.5 Å². The molecule has 3 atom stereocenters. The fourth-order valence-corrected chi connectivity index (χ4v) is 2.49. The van der Waals surface area contributed by atoms with Crippen LogP contribution >= 0.6 is 0 Å². The van der Waals surface area contributed by atoms with Crippen molar-refractivity contribution in [3.63, 3.8) is 0 Å². The molecule has 2 N–H and O–H groups in total. The number of nitrogens with zero attached hydrogens (tertiary/aromatic N) is 1. The number of nitrogens with two attached hydrogens (primary N) is 1. The van der Waals surface area contributed by atoms with Crippen LogP contribution < -0.4 is 5.73 Å². The molecule has 88 valence electrons. The van der Waals surface area contributed by atoms with Crippen LogP contribution in [-0.4, -0.2) is 30.1 Å². The van der Waals surface area contributed by atoms with Gasteiger partial charge in [-0.25, -0.2) is 0 Å². The van der Waals surface area contributed by atoms with E-state index in [4.69, 9.17) is 5.73 Å². The van der Waals surface area contributed by atoms with E-state index in [1.54, 1.807) is 0 Å². The van der Waals surface area contributed by atoms with E-state index in [9.17, 15) is 0 Å². The van der Waals surface area contributed by atoms with Gasteiger partial charge in [0, 0.05) is 18.6 Å². The molecule has 1 aliphatic heterocycles. The maximum Gasteiger partial charge on any atom is 0.0216 e. The van der Waals surface area contributed by atoms with Gasteiger partial charge in [-0.1, -0.05) is 30.3 Å². The molecule has 2 rings (SSSR count). The van der Waals surface area contributed by atoms with Crippen molar-refractivity contribution in [3.8, 4) is 0 Å². The van der Waals surface area contributed by atoms with Gasteiger partial charge in [0.2, 0.25) is 0 Å². The summed E-state index contributed by atoms with van der Waals surface area (Å²) in [4.78, 5) is 2.52. The lowest BCUT2D eigenvalue weighted by Gasteiger charge is -2.27. The van der Waals surface area contributed by atoms with Gasteiger partial charge >= 0.3 is 0 Å². The first-order chi connectivity index (χ1) is 7.68. The second-order valence-corrected chi connectivity index (χ2v) is 4.99. The fourth-order valence-electron chi connectivity index (χ4n) is 2.49. The minimum Gasteiger partial charge on any atom is -0.327 e. The van der Waals surface area contributed by atoms with Crippen LogP contribution in [0.3, 0.4) is 0 Å². The Bertz CT molecular complexity index is 321. The zero-order chi connectivity index (χ0) is 11.5. The third-order valence-corrected chi connectivity index (χ3v) is 3.83. The lowest BCUT2D eigenvalue weighted by Crippen LogP contribution is -2.43. The Morgan fingerprint density at radius 2 is 1.94 bits per heavy atom. The van der Waals surface area contributed by atoms with Gasteiger partial charge in [-0.05, 0) is 38.3 Å². The molecule has 1 aromatic rings. The molecule has 1 heterocycles. The highest BCUT2D eigenvalue weighted by Crippen LogP contribution is 2.28. The molecular weight excluding hydrogens is 196 g/mol. The smallest absolute Gasteiger partial charge is 0.0216 e. The van der Waals surface area contributed by atoms with Gasteiger partial charge in [0.1, 0.15) is 0 Å². The zero-order valence-electron chi connectivity index (χ0n) is 10.3. The Balaban J connectivity index is 1.98. The average Bonchev–Trinajstić information content (AvgIpc) is 2.78. The van der Waals surface area contributed by atoms with Gasteiger partial charge in [0.25, 0.3) is 0 Å². The molecule has 0 aromatic heterocycles. The maximum atomic E-state index is 5.96. The predicted octanol–water partition coefficient (Wildman–Crippen LogP) is 2.21. The Morgan fingerprint density at radius 3 is 2.56 bits per heavy atom. The highest BCUT2D eigenvalue weighted by Gasteiger charge is 2.28. The predicted molar refractivity (Wildman–Crippen MR) is 68.5 cm³/mol. The largest absolute Gasteiger partial charge is 0.327 e. The molecule has 1 aliphatic rings. The van der Waals surface area contributed by atoms with Crippen LogP contribution in [0, 0.1) is 0 Å². The van der Waals surface area contributed by atoms with Crippen LogP contribution in [0.15, 0.2) is 30.3 Å². The number of benzene rings is 1. The van der Waals surface area contributed by atoms with Crippen LogP contribution in [0.2, 0.25) is 0 Å². The highest BCUT2D eigenvalue weighted by atomic mass is 15.2. The molecule has 0 bridgehead atoms. The summed E-state index contributed by atoms with van der Waals surface area (Å²) in [7, 11) is 0. The minimum atomic E-state index is 0.259. The van der Waals surface area contributed by atoms with Crippen molar-refractivity contribution in [1.82, 2.24) is 4.90 Å². The van der Waals surface area contributed by atoms with Crippen molar-refractivity contribution in [1.29, 1.82) is 0 Å². The van der Waals surface area contributed by atoms with Crippen LogP contribution in [-0.2, 0) is 0 Å². The topological polar surface area (TPSA) is 29.3 Å². The molecule has 1 saturated heterocycles. The molecule has 1 fully saturated rings. The van der Waals surface area contributed by atoms with E-state index in [1.807, 2.05) is 0 Å². The number of hydrogen-bond acceptors (Lipinski definition) is 2. The molecule has 16 heavy (non-hydrogen) atoms. The van der Waals surface area contributed by atoms with Crippen molar-refractivity contribution in [2.45, 2.75) is 38.3 Å². The molecule has 0 amide bonds. The first kappa shape index (κ1) is 11.6. The monoisotopic (exact) mass is 218 g/mol. The van der Waals surface area contributed by atoms with Crippen LogP contribution in [0.1, 0.15) is 31.7 Å². The molecular formula is C14H22N2. The zero-order valence-corrected chi connectivity index (χ0v) is 10.3. The first-order valence-electron chi connectivity index (χ1n) is 6.23. The van der Waals surface area contributed by atoms with Crippen LogP contribution in [0.5, 0.6) is 0 Å².